The maximum atomic E-state index is 12.0. The number of carbonyl (C=O) groups is 1. The van der Waals surface area contributed by atoms with Gasteiger partial charge in [-0.1, -0.05) is 6.42 Å². The lowest BCUT2D eigenvalue weighted by Crippen LogP contribution is -2.55. The van der Waals surface area contributed by atoms with Crippen LogP contribution in [0.15, 0.2) is 0 Å². The SMILES string of the molecule is C#CCC1(C(C)=O)CCCCC12OCCO2. The topological polar surface area (TPSA) is 35.5 Å². The lowest BCUT2D eigenvalue weighted by molar-refractivity contribution is -0.247. The molecule has 0 aromatic rings. The van der Waals surface area contributed by atoms with Crippen LogP contribution in [0.2, 0.25) is 0 Å². The van der Waals surface area contributed by atoms with Crippen LogP contribution in [0.5, 0.6) is 0 Å². The molecule has 1 aliphatic carbocycles. The van der Waals surface area contributed by atoms with Gasteiger partial charge in [-0.05, 0) is 19.8 Å². The number of rotatable bonds is 2. The lowest BCUT2D eigenvalue weighted by Gasteiger charge is -2.47. The molecule has 0 radical (unpaired) electrons. The third-order valence-electron chi connectivity index (χ3n) is 3.92. The van der Waals surface area contributed by atoms with Gasteiger partial charge < -0.3 is 9.47 Å². The highest BCUT2D eigenvalue weighted by atomic mass is 16.7. The van der Waals surface area contributed by atoms with Gasteiger partial charge in [0.15, 0.2) is 5.79 Å². The molecule has 1 saturated heterocycles. The van der Waals surface area contributed by atoms with E-state index in [0.717, 1.165) is 25.7 Å². The van der Waals surface area contributed by atoms with E-state index in [2.05, 4.69) is 5.92 Å². The minimum absolute atomic E-state index is 0.104. The van der Waals surface area contributed by atoms with Crippen LogP contribution >= 0.6 is 0 Å². The number of Topliss-reactive ketones (excluding diaryl/α,β-unsaturated/α-hetero) is 1. The first-order chi connectivity index (χ1) is 7.67. The molecule has 1 atom stereocenters. The summed E-state index contributed by atoms with van der Waals surface area (Å²) in [5, 5.41) is 0. The summed E-state index contributed by atoms with van der Waals surface area (Å²) in [6.07, 6.45) is 9.47. The Kier molecular flexibility index (Phi) is 3.05. The van der Waals surface area contributed by atoms with Crippen LogP contribution in [0.3, 0.4) is 0 Å². The van der Waals surface area contributed by atoms with Crippen molar-refractivity contribution < 1.29 is 14.3 Å². The van der Waals surface area contributed by atoms with Crippen LogP contribution in [0.4, 0.5) is 0 Å². The molecule has 1 saturated carbocycles. The number of ketones is 1. The smallest absolute Gasteiger partial charge is 0.181 e. The Labute approximate surface area is 96.5 Å². The summed E-state index contributed by atoms with van der Waals surface area (Å²) in [6, 6.07) is 0. The van der Waals surface area contributed by atoms with Crippen LogP contribution in [-0.2, 0) is 14.3 Å². The van der Waals surface area contributed by atoms with E-state index in [1.54, 1.807) is 6.92 Å². The average Bonchev–Trinajstić information content (AvgIpc) is 2.71. The molecule has 16 heavy (non-hydrogen) atoms. The first-order valence-electron chi connectivity index (χ1n) is 5.89. The molecule has 0 bridgehead atoms. The molecule has 1 unspecified atom stereocenters. The van der Waals surface area contributed by atoms with Gasteiger partial charge in [0.05, 0.1) is 18.6 Å². The zero-order valence-electron chi connectivity index (χ0n) is 9.75. The second-order valence-electron chi connectivity index (χ2n) is 4.68. The third-order valence-corrected chi connectivity index (χ3v) is 3.92. The van der Waals surface area contributed by atoms with Gasteiger partial charge in [0, 0.05) is 12.8 Å². The summed E-state index contributed by atoms with van der Waals surface area (Å²) in [4.78, 5) is 12.0. The maximum absolute atomic E-state index is 12.0. The Hall–Kier alpha value is -0.850. The summed E-state index contributed by atoms with van der Waals surface area (Å²) in [7, 11) is 0. The predicted molar refractivity (Wildman–Crippen MR) is 59.7 cm³/mol. The Balaban J connectivity index is 2.38. The first kappa shape index (κ1) is 11.6. The van der Waals surface area contributed by atoms with E-state index in [1.807, 2.05) is 0 Å². The Bertz CT molecular complexity index is 323. The van der Waals surface area contributed by atoms with E-state index in [4.69, 9.17) is 15.9 Å². The molecule has 0 aromatic heterocycles. The highest BCUT2D eigenvalue weighted by Crippen LogP contribution is 2.51. The number of ether oxygens (including phenoxy) is 2. The zero-order valence-corrected chi connectivity index (χ0v) is 9.75. The van der Waals surface area contributed by atoms with Gasteiger partial charge in [0.2, 0.25) is 0 Å². The van der Waals surface area contributed by atoms with Crippen LogP contribution in [0, 0.1) is 17.8 Å². The molecule has 1 spiro atoms. The Morgan fingerprint density at radius 1 is 1.31 bits per heavy atom. The molecule has 3 heteroatoms. The molecule has 1 heterocycles. The summed E-state index contributed by atoms with van der Waals surface area (Å²) >= 11 is 0. The minimum Gasteiger partial charge on any atom is -0.346 e. The van der Waals surface area contributed by atoms with E-state index in [-0.39, 0.29) is 5.78 Å². The first-order valence-corrected chi connectivity index (χ1v) is 5.89. The fraction of sp³-hybridized carbons (Fsp3) is 0.769. The largest absolute Gasteiger partial charge is 0.346 e. The lowest BCUT2D eigenvalue weighted by atomic mass is 9.65. The normalized spacial score (nSPS) is 32.5. The Morgan fingerprint density at radius 2 is 1.94 bits per heavy atom. The van der Waals surface area contributed by atoms with Crippen molar-refractivity contribution in [3.63, 3.8) is 0 Å². The predicted octanol–water partition coefficient (Wildman–Crippen LogP) is 1.90. The summed E-state index contributed by atoms with van der Waals surface area (Å²) in [6.45, 7) is 2.74. The molecule has 88 valence electrons. The van der Waals surface area contributed by atoms with E-state index >= 15 is 0 Å². The summed E-state index contributed by atoms with van der Waals surface area (Å²) in [5.74, 6) is 2.00. The van der Waals surface area contributed by atoms with Crippen molar-refractivity contribution in [1.82, 2.24) is 0 Å². The second-order valence-corrected chi connectivity index (χ2v) is 4.68. The highest BCUT2D eigenvalue weighted by Gasteiger charge is 2.59. The van der Waals surface area contributed by atoms with E-state index in [1.165, 1.54) is 0 Å². The minimum atomic E-state index is -0.733. The van der Waals surface area contributed by atoms with Crippen molar-refractivity contribution in [3.8, 4) is 12.3 Å². The molecular formula is C13H18O3. The monoisotopic (exact) mass is 222 g/mol. The van der Waals surface area contributed by atoms with Crippen molar-refractivity contribution in [1.29, 1.82) is 0 Å². The molecule has 0 amide bonds. The Morgan fingerprint density at radius 3 is 2.50 bits per heavy atom. The van der Waals surface area contributed by atoms with Gasteiger partial charge in [-0.15, -0.1) is 12.3 Å². The zero-order chi connectivity index (χ0) is 11.6. The fourth-order valence-electron chi connectivity index (χ4n) is 3.06. The van der Waals surface area contributed by atoms with Gasteiger partial charge >= 0.3 is 0 Å². The second kappa shape index (κ2) is 4.20. The van der Waals surface area contributed by atoms with E-state index < -0.39 is 11.2 Å². The van der Waals surface area contributed by atoms with Gasteiger partial charge in [-0.3, -0.25) is 4.79 Å². The number of hydrogen-bond donors (Lipinski definition) is 0. The van der Waals surface area contributed by atoms with Gasteiger partial charge in [-0.2, -0.15) is 0 Å². The molecule has 3 nitrogen and oxygen atoms in total. The van der Waals surface area contributed by atoms with Gasteiger partial charge in [0.25, 0.3) is 0 Å². The van der Waals surface area contributed by atoms with Crippen LogP contribution in [-0.4, -0.2) is 24.8 Å². The third kappa shape index (κ3) is 1.49. The number of terminal acetylenes is 1. The summed E-state index contributed by atoms with van der Waals surface area (Å²) in [5.41, 5.74) is -0.615. The number of carbonyl (C=O) groups excluding carboxylic acids is 1. The van der Waals surface area contributed by atoms with Crippen molar-refractivity contribution in [2.24, 2.45) is 5.41 Å². The summed E-state index contributed by atoms with van der Waals surface area (Å²) < 4.78 is 11.5. The number of hydrogen-bond acceptors (Lipinski definition) is 3. The van der Waals surface area contributed by atoms with Crippen molar-refractivity contribution in [2.75, 3.05) is 13.2 Å². The van der Waals surface area contributed by atoms with Crippen molar-refractivity contribution in [2.45, 2.75) is 44.8 Å². The van der Waals surface area contributed by atoms with Crippen LogP contribution in [0.25, 0.3) is 0 Å². The van der Waals surface area contributed by atoms with Gasteiger partial charge in [-0.25, -0.2) is 0 Å². The molecule has 0 aromatic carbocycles. The molecular weight excluding hydrogens is 204 g/mol. The van der Waals surface area contributed by atoms with Crippen LogP contribution in [0.1, 0.15) is 39.0 Å². The maximum Gasteiger partial charge on any atom is 0.181 e. The molecule has 1 aliphatic heterocycles. The van der Waals surface area contributed by atoms with Crippen molar-refractivity contribution in [3.05, 3.63) is 0 Å². The average molecular weight is 222 g/mol. The van der Waals surface area contributed by atoms with E-state index in [9.17, 15) is 4.79 Å². The van der Waals surface area contributed by atoms with E-state index in [0.29, 0.717) is 19.6 Å². The van der Waals surface area contributed by atoms with Crippen LogP contribution < -0.4 is 0 Å². The molecule has 2 rings (SSSR count). The standard InChI is InChI=1S/C13H18O3/c1-3-6-12(11(2)14)7-4-5-8-13(12)15-9-10-16-13/h1H,4-10H2,2H3. The molecule has 2 aliphatic rings. The fourth-order valence-corrected chi connectivity index (χ4v) is 3.06. The van der Waals surface area contributed by atoms with Gasteiger partial charge in [0.1, 0.15) is 5.78 Å². The molecule has 2 fully saturated rings. The highest BCUT2D eigenvalue weighted by molar-refractivity contribution is 5.84. The quantitative estimate of drug-likeness (QED) is 0.669. The molecule has 0 N–H and O–H groups in total. The van der Waals surface area contributed by atoms with Crippen molar-refractivity contribution >= 4 is 5.78 Å².